The van der Waals surface area contributed by atoms with Gasteiger partial charge in [-0.25, -0.2) is 0 Å². The lowest BCUT2D eigenvalue weighted by atomic mass is 9.97. The molecule has 1 N–H and O–H groups in total. The van der Waals surface area contributed by atoms with Crippen molar-refractivity contribution in [2.24, 2.45) is 5.92 Å². The van der Waals surface area contributed by atoms with Gasteiger partial charge in [-0.3, -0.25) is 4.79 Å². The number of rotatable bonds is 3. The van der Waals surface area contributed by atoms with Crippen molar-refractivity contribution in [2.75, 3.05) is 31.3 Å². The number of hydrogen-bond donors (Lipinski definition) is 1. The second-order valence-electron chi connectivity index (χ2n) is 5.29. The van der Waals surface area contributed by atoms with Crippen molar-refractivity contribution in [1.29, 1.82) is 0 Å². The first-order valence-electron chi connectivity index (χ1n) is 6.80. The monoisotopic (exact) mass is 273 g/mol. The third kappa shape index (κ3) is 3.62. The Hall–Kier alpha value is -0.260. The summed E-state index contributed by atoms with van der Waals surface area (Å²) in [5.41, 5.74) is 0. The number of amides is 1. The lowest BCUT2D eigenvalue weighted by Gasteiger charge is -2.38. The fraction of sp³-hybridized carbons (Fsp3) is 0.923. The Bertz CT molecular complexity index is 281. The predicted molar refractivity (Wildman–Crippen MR) is 72.7 cm³/mol. The highest BCUT2D eigenvalue weighted by atomic mass is 32.2. The third-order valence-electron chi connectivity index (χ3n) is 3.83. The predicted octanol–water partition coefficient (Wildman–Crippen LogP) is 1.13. The number of aliphatic hydroxyl groups is 1. The number of hydrogen-bond acceptors (Lipinski definition) is 4. The van der Waals surface area contributed by atoms with Gasteiger partial charge in [0.25, 0.3) is 0 Å². The van der Waals surface area contributed by atoms with Crippen molar-refractivity contribution in [1.82, 2.24) is 4.90 Å². The largest absolute Gasteiger partial charge is 0.394 e. The molecule has 18 heavy (non-hydrogen) atoms. The molecule has 2 saturated heterocycles. The van der Waals surface area contributed by atoms with Gasteiger partial charge in [0, 0.05) is 13.0 Å². The topological polar surface area (TPSA) is 49.8 Å². The minimum Gasteiger partial charge on any atom is -0.394 e. The first-order chi connectivity index (χ1) is 8.70. The van der Waals surface area contributed by atoms with Crippen molar-refractivity contribution in [2.45, 2.75) is 38.3 Å². The van der Waals surface area contributed by atoms with E-state index in [2.05, 4.69) is 0 Å². The molecule has 2 heterocycles. The standard InChI is InChI=1S/C13H23NO3S/c1-10-9-17-12(8-15)7-14(10)13(16)6-11-2-4-18-5-3-11/h10-12,15H,2-9H2,1H3. The summed E-state index contributed by atoms with van der Waals surface area (Å²) in [5, 5.41) is 9.13. The maximum Gasteiger partial charge on any atom is 0.223 e. The first-order valence-corrected chi connectivity index (χ1v) is 7.96. The summed E-state index contributed by atoms with van der Waals surface area (Å²) < 4.78 is 5.46. The molecule has 0 saturated carbocycles. The fourth-order valence-corrected chi connectivity index (χ4v) is 3.79. The van der Waals surface area contributed by atoms with E-state index in [-0.39, 0.29) is 24.7 Å². The lowest BCUT2D eigenvalue weighted by molar-refractivity contribution is -0.147. The molecular formula is C13H23NO3S. The molecule has 0 spiro atoms. The molecule has 104 valence electrons. The van der Waals surface area contributed by atoms with Gasteiger partial charge < -0.3 is 14.7 Å². The van der Waals surface area contributed by atoms with E-state index in [0.717, 1.165) is 0 Å². The molecule has 2 unspecified atom stereocenters. The van der Waals surface area contributed by atoms with Gasteiger partial charge in [-0.2, -0.15) is 11.8 Å². The number of morpholine rings is 1. The van der Waals surface area contributed by atoms with Gasteiger partial charge in [-0.15, -0.1) is 0 Å². The molecule has 0 bridgehead atoms. The van der Waals surface area contributed by atoms with Crippen LogP contribution in [-0.2, 0) is 9.53 Å². The third-order valence-corrected chi connectivity index (χ3v) is 4.88. The van der Waals surface area contributed by atoms with E-state index >= 15 is 0 Å². The van der Waals surface area contributed by atoms with Crippen molar-refractivity contribution < 1.29 is 14.6 Å². The van der Waals surface area contributed by atoms with E-state index in [1.165, 1.54) is 24.3 Å². The summed E-state index contributed by atoms with van der Waals surface area (Å²) >= 11 is 1.99. The van der Waals surface area contributed by atoms with Crippen LogP contribution in [0.25, 0.3) is 0 Å². The molecule has 0 aliphatic carbocycles. The molecule has 4 nitrogen and oxygen atoms in total. The lowest BCUT2D eigenvalue weighted by Crippen LogP contribution is -2.52. The minimum atomic E-state index is -0.202. The van der Waals surface area contributed by atoms with Crippen LogP contribution in [0.4, 0.5) is 0 Å². The maximum absolute atomic E-state index is 12.3. The Morgan fingerprint density at radius 2 is 2.17 bits per heavy atom. The Balaban J connectivity index is 1.85. The Labute approximate surface area is 113 Å². The summed E-state index contributed by atoms with van der Waals surface area (Å²) in [6.07, 6.45) is 2.80. The van der Waals surface area contributed by atoms with Crippen LogP contribution >= 0.6 is 11.8 Å². The summed E-state index contributed by atoms with van der Waals surface area (Å²) in [7, 11) is 0. The second-order valence-corrected chi connectivity index (χ2v) is 6.52. The second kappa shape index (κ2) is 6.78. The van der Waals surface area contributed by atoms with Gasteiger partial charge in [0.1, 0.15) is 0 Å². The summed E-state index contributed by atoms with van der Waals surface area (Å²) in [6, 6.07) is 0.137. The molecule has 0 aromatic carbocycles. The molecular weight excluding hydrogens is 250 g/mol. The maximum atomic E-state index is 12.3. The molecule has 2 atom stereocenters. The zero-order chi connectivity index (χ0) is 13.0. The number of carbonyl (C=O) groups is 1. The number of thioether (sulfide) groups is 1. The first kappa shape index (κ1) is 14.2. The van der Waals surface area contributed by atoms with E-state index < -0.39 is 0 Å². The molecule has 2 aliphatic rings. The highest BCUT2D eigenvalue weighted by molar-refractivity contribution is 7.99. The highest BCUT2D eigenvalue weighted by Crippen LogP contribution is 2.26. The van der Waals surface area contributed by atoms with E-state index in [4.69, 9.17) is 9.84 Å². The van der Waals surface area contributed by atoms with E-state index in [9.17, 15) is 4.79 Å². The van der Waals surface area contributed by atoms with Crippen LogP contribution in [0, 0.1) is 5.92 Å². The van der Waals surface area contributed by atoms with Crippen LogP contribution in [0.5, 0.6) is 0 Å². The van der Waals surface area contributed by atoms with E-state index in [1.54, 1.807) is 0 Å². The summed E-state index contributed by atoms with van der Waals surface area (Å²) in [5.74, 6) is 3.17. The van der Waals surface area contributed by atoms with Crippen molar-refractivity contribution >= 4 is 17.7 Å². The molecule has 2 fully saturated rings. The van der Waals surface area contributed by atoms with Crippen LogP contribution < -0.4 is 0 Å². The molecule has 2 rings (SSSR count). The summed E-state index contributed by atoms with van der Waals surface area (Å²) in [6.45, 7) is 3.09. The van der Waals surface area contributed by atoms with Gasteiger partial charge in [0.15, 0.2) is 0 Å². The Morgan fingerprint density at radius 3 is 2.83 bits per heavy atom. The van der Waals surface area contributed by atoms with Crippen LogP contribution in [0.3, 0.4) is 0 Å². The molecule has 1 amide bonds. The van der Waals surface area contributed by atoms with Crippen molar-refractivity contribution in [3.05, 3.63) is 0 Å². The van der Waals surface area contributed by atoms with Crippen LogP contribution in [0.15, 0.2) is 0 Å². The fourth-order valence-electron chi connectivity index (χ4n) is 2.59. The van der Waals surface area contributed by atoms with E-state index in [1.807, 2.05) is 23.6 Å². The van der Waals surface area contributed by atoms with Crippen LogP contribution in [0.2, 0.25) is 0 Å². The van der Waals surface area contributed by atoms with Crippen LogP contribution in [0.1, 0.15) is 26.2 Å². The average molecular weight is 273 g/mol. The van der Waals surface area contributed by atoms with Gasteiger partial charge in [-0.05, 0) is 37.2 Å². The van der Waals surface area contributed by atoms with Crippen LogP contribution in [-0.4, -0.2) is 59.3 Å². The molecule has 2 aliphatic heterocycles. The average Bonchev–Trinajstić information content (AvgIpc) is 2.40. The normalized spacial score (nSPS) is 30.4. The molecule has 0 aromatic rings. The minimum absolute atomic E-state index is 0.00340. The highest BCUT2D eigenvalue weighted by Gasteiger charge is 2.30. The van der Waals surface area contributed by atoms with Crippen molar-refractivity contribution in [3.63, 3.8) is 0 Å². The quantitative estimate of drug-likeness (QED) is 0.837. The summed E-state index contributed by atoms with van der Waals surface area (Å²) in [4.78, 5) is 14.2. The molecule has 0 radical (unpaired) electrons. The van der Waals surface area contributed by atoms with Gasteiger partial charge in [0.2, 0.25) is 5.91 Å². The van der Waals surface area contributed by atoms with Crippen molar-refractivity contribution in [3.8, 4) is 0 Å². The smallest absolute Gasteiger partial charge is 0.223 e. The molecule has 5 heteroatoms. The molecule has 0 aromatic heterocycles. The SMILES string of the molecule is CC1COC(CO)CN1C(=O)CC1CCSCC1. The van der Waals surface area contributed by atoms with Gasteiger partial charge in [-0.1, -0.05) is 0 Å². The number of nitrogens with zero attached hydrogens (tertiary/aromatic N) is 1. The Morgan fingerprint density at radius 1 is 1.44 bits per heavy atom. The Kier molecular flexibility index (Phi) is 5.33. The van der Waals surface area contributed by atoms with Gasteiger partial charge >= 0.3 is 0 Å². The zero-order valence-corrected chi connectivity index (χ0v) is 11.8. The van der Waals surface area contributed by atoms with Gasteiger partial charge in [0.05, 0.1) is 25.4 Å². The number of aliphatic hydroxyl groups excluding tert-OH is 1. The number of ether oxygens (including phenoxy) is 1. The van der Waals surface area contributed by atoms with E-state index in [0.29, 0.717) is 25.5 Å². The zero-order valence-electron chi connectivity index (χ0n) is 11.0. The number of carbonyl (C=O) groups excluding carboxylic acids is 1.